The van der Waals surface area contributed by atoms with Crippen LogP contribution in [0.25, 0.3) is 0 Å². The average molecular weight is 249 g/mol. The number of halogens is 1. The van der Waals surface area contributed by atoms with Gasteiger partial charge in [0.15, 0.2) is 11.6 Å². The van der Waals surface area contributed by atoms with Gasteiger partial charge in [0, 0.05) is 17.0 Å². The molecule has 0 unspecified atom stereocenters. The Morgan fingerprint density at radius 1 is 1.24 bits per heavy atom. The van der Waals surface area contributed by atoms with Crippen LogP contribution >= 0.6 is 11.6 Å². The van der Waals surface area contributed by atoms with Crippen molar-refractivity contribution in [2.45, 2.75) is 26.2 Å². The molecule has 0 atom stereocenters. The fourth-order valence-corrected chi connectivity index (χ4v) is 2.34. The van der Waals surface area contributed by atoms with Crippen molar-refractivity contribution >= 4 is 23.2 Å². The topological polar surface area (TPSA) is 34.1 Å². The lowest BCUT2D eigenvalue weighted by molar-refractivity contribution is -0.115. The van der Waals surface area contributed by atoms with E-state index in [1.54, 1.807) is 12.1 Å². The number of rotatable bonds is 2. The lowest BCUT2D eigenvalue weighted by Gasteiger charge is -2.14. The minimum atomic E-state index is -0.238. The van der Waals surface area contributed by atoms with E-state index in [4.69, 9.17) is 11.6 Å². The van der Waals surface area contributed by atoms with E-state index in [1.165, 1.54) is 0 Å². The molecule has 1 aromatic rings. The zero-order valence-electron chi connectivity index (χ0n) is 9.63. The molecule has 0 spiro atoms. The van der Waals surface area contributed by atoms with E-state index >= 15 is 0 Å². The van der Waals surface area contributed by atoms with E-state index in [0.29, 0.717) is 23.4 Å². The number of allylic oxidation sites excluding steroid dienone is 2. The van der Waals surface area contributed by atoms with Crippen molar-refractivity contribution in [3.8, 4) is 0 Å². The number of hydrogen-bond acceptors (Lipinski definition) is 2. The van der Waals surface area contributed by atoms with E-state index in [-0.39, 0.29) is 17.1 Å². The number of hydrogen-bond donors (Lipinski definition) is 0. The van der Waals surface area contributed by atoms with E-state index in [0.717, 1.165) is 12.0 Å². The highest BCUT2D eigenvalue weighted by Crippen LogP contribution is 2.28. The van der Waals surface area contributed by atoms with Gasteiger partial charge in [-0.3, -0.25) is 9.59 Å². The molecule has 2 rings (SSSR count). The van der Waals surface area contributed by atoms with Crippen molar-refractivity contribution in [2.75, 3.05) is 0 Å². The molecule has 1 aliphatic rings. The largest absolute Gasteiger partial charge is 0.294 e. The van der Waals surface area contributed by atoms with Crippen molar-refractivity contribution in [2.24, 2.45) is 0 Å². The predicted octanol–water partition coefficient (Wildman–Crippen LogP) is 3.42. The quantitative estimate of drug-likeness (QED) is 0.594. The summed E-state index contributed by atoms with van der Waals surface area (Å²) in [7, 11) is 0. The van der Waals surface area contributed by atoms with Gasteiger partial charge in [0.2, 0.25) is 0 Å². The molecule has 3 heteroatoms. The number of aryl methyl sites for hydroxylation is 1. The van der Waals surface area contributed by atoms with Gasteiger partial charge in [-0.15, -0.1) is 0 Å². The second kappa shape index (κ2) is 4.84. The zero-order valence-corrected chi connectivity index (χ0v) is 10.4. The molecule has 0 amide bonds. The van der Waals surface area contributed by atoms with Gasteiger partial charge >= 0.3 is 0 Å². The Hall–Kier alpha value is -1.41. The van der Waals surface area contributed by atoms with E-state index in [2.05, 4.69) is 0 Å². The summed E-state index contributed by atoms with van der Waals surface area (Å²) in [4.78, 5) is 24.0. The lowest BCUT2D eigenvalue weighted by atomic mass is 9.90. The Bertz CT molecular complexity index is 515. The molecular weight excluding hydrogens is 236 g/mol. The smallest absolute Gasteiger partial charge is 0.198 e. The monoisotopic (exact) mass is 248 g/mol. The number of benzene rings is 1. The first-order valence-electron chi connectivity index (χ1n) is 5.63. The Morgan fingerprint density at radius 3 is 2.59 bits per heavy atom. The SMILES string of the molecule is Cc1ccccc1C(=O)C1=C(Cl)CCCC1=O. The maximum Gasteiger partial charge on any atom is 0.198 e. The van der Waals surface area contributed by atoms with Crippen LogP contribution in [0.15, 0.2) is 34.9 Å². The standard InChI is InChI=1S/C14H13ClO2/c1-9-5-2-3-6-10(9)14(17)13-11(15)7-4-8-12(13)16/h2-3,5-6H,4,7-8H2,1H3. The highest BCUT2D eigenvalue weighted by atomic mass is 35.5. The Morgan fingerprint density at radius 2 is 1.94 bits per heavy atom. The predicted molar refractivity (Wildman–Crippen MR) is 67.2 cm³/mol. The molecule has 0 N–H and O–H groups in total. The molecule has 0 bridgehead atoms. The van der Waals surface area contributed by atoms with Gasteiger partial charge in [0.25, 0.3) is 0 Å². The Labute approximate surface area is 105 Å². The molecule has 0 saturated heterocycles. The van der Waals surface area contributed by atoms with E-state index in [1.807, 2.05) is 19.1 Å². The Balaban J connectivity index is 2.45. The average Bonchev–Trinajstić information content (AvgIpc) is 2.29. The molecule has 0 radical (unpaired) electrons. The van der Waals surface area contributed by atoms with Crippen molar-refractivity contribution < 1.29 is 9.59 Å². The van der Waals surface area contributed by atoms with Crippen LogP contribution in [0.3, 0.4) is 0 Å². The third-order valence-electron chi connectivity index (χ3n) is 2.97. The number of carbonyl (C=O) groups excluding carboxylic acids is 2. The third kappa shape index (κ3) is 2.32. The molecule has 88 valence electrons. The van der Waals surface area contributed by atoms with Crippen molar-refractivity contribution in [3.63, 3.8) is 0 Å². The van der Waals surface area contributed by atoms with E-state index in [9.17, 15) is 9.59 Å². The van der Waals surface area contributed by atoms with Crippen molar-refractivity contribution in [1.29, 1.82) is 0 Å². The summed E-state index contributed by atoms with van der Waals surface area (Å²) in [5.41, 5.74) is 1.62. The van der Waals surface area contributed by atoms with Gasteiger partial charge in [-0.1, -0.05) is 35.9 Å². The van der Waals surface area contributed by atoms with Crippen LogP contribution in [0.1, 0.15) is 35.2 Å². The fourth-order valence-electron chi connectivity index (χ4n) is 2.02. The maximum absolute atomic E-state index is 12.3. The summed E-state index contributed by atoms with van der Waals surface area (Å²) in [6.07, 6.45) is 1.78. The van der Waals surface area contributed by atoms with Crippen LogP contribution in [0.4, 0.5) is 0 Å². The summed E-state index contributed by atoms with van der Waals surface area (Å²) in [5, 5.41) is 0.412. The summed E-state index contributed by atoms with van der Waals surface area (Å²) >= 11 is 6.01. The summed E-state index contributed by atoms with van der Waals surface area (Å²) in [6.45, 7) is 1.86. The minimum absolute atomic E-state index is 0.130. The maximum atomic E-state index is 12.3. The highest BCUT2D eigenvalue weighted by molar-refractivity contribution is 6.39. The highest BCUT2D eigenvalue weighted by Gasteiger charge is 2.26. The van der Waals surface area contributed by atoms with Crippen molar-refractivity contribution in [1.82, 2.24) is 0 Å². The van der Waals surface area contributed by atoms with Gasteiger partial charge in [0.1, 0.15) is 0 Å². The second-order valence-corrected chi connectivity index (χ2v) is 4.66. The molecule has 1 aromatic carbocycles. The Kier molecular flexibility index (Phi) is 3.43. The first-order valence-corrected chi connectivity index (χ1v) is 6.01. The van der Waals surface area contributed by atoms with Crippen LogP contribution in [0, 0.1) is 6.92 Å². The van der Waals surface area contributed by atoms with Crippen LogP contribution in [-0.4, -0.2) is 11.6 Å². The molecule has 2 nitrogen and oxygen atoms in total. The first-order chi connectivity index (χ1) is 8.11. The zero-order chi connectivity index (χ0) is 12.4. The normalized spacial score (nSPS) is 16.2. The molecular formula is C14H13ClO2. The van der Waals surface area contributed by atoms with Crippen LogP contribution in [0.5, 0.6) is 0 Å². The molecule has 0 aromatic heterocycles. The lowest BCUT2D eigenvalue weighted by Crippen LogP contribution is -2.18. The molecule has 1 aliphatic carbocycles. The van der Waals surface area contributed by atoms with Crippen LogP contribution in [0.2, 0.25) is 0 Å². The minimum Gasteiger partial charge on any atom is -0.294 e. The second-order valence-electron chi connectivity index (χ2n) is 4.20. The van der Waals surface area contributed by atoms with Gasteiger partial charge < -0.3 is 0 Å². The third-order valence-corrected chi connectivity index (χ3v) is 3.34. The van der Waals surface area contributed by atoms with E-state index < -0.39 is 0 Å². The first kappa shape index (κ1) is 12.1. The summed E-state index contributed by atoms with van der Waals surface area (Å²) < 4.78 is 0. The van der Waals surface area contributed by atoms with Crippen molar-refractivity contribution in [3.05, 3.63) is 46.0 Å². The van der Waals surface area contributed by atoms with Crippen LogP contribution in [-0.2, 0) is 4.79 Å². The van der Waals surface area contributed by atoms with Gasteiger partial charge in [-0.25, -0.2) is 0 Å². The number of carbonyl (C=O) groups is 2. The van der Waals surface area contributed by atoms with Crippen LogP contribution < -0.4 is 0 Å². The fraction of sp³-hybridized carbons (Fsp3) is 0.286. The summed E-state index contributed by atoms with van der Waals surface area (Å²) in [5.74, 6) is -0.368. The van der Waals surface area contributed by atoms with Gasteiger partial charge in [0.05, 0.1) is 5.57 Å². The van der Waals surface area contributed by atoms with Gasteiger partial charge in [-0.05, 0) is 25.3 Å². The number of ketones is 2. The molecule has 17 heavy (non-hydrogen) atoms. The summed E-state index contributed by atoms with van der Waals surface area (Å²) in [6, 6.07) is 7.25. The molecule has 0 fully saturated rings. The molecule has 0 saturated carbocycles. The molecule has 0 aliphatic heterocycles. The molecule has 0 heterocycles. The number of Topliss-reactive ketones (excluding diaryl/α,β-unsaturated/α-hetero) is 2. The van der Waals surface area contributed by atoms with Gasteiger partial charge in [-0.2, -0.15) is 0 Å².